The van der Waals surface area contributed by atoms with Gasteiger partial charge in [0.2, 0.25) is 10.0 Å². The van der Waals surface area contributed by atoms with Gasteiger partial charge in [-0.15, -0.1) is 0 Å². The predicted octanol–water partition coefficient (Wildman–Crippen LogP) is 1.08. The van der Waals surface area contributed by atoms with Crippen molar-refractivity contribution in [3.8, 4) is 11.3 Å². The molecule has 1 atom stereocenters. The molecule has 11 heteroatoms. The number of hydrogen-bond acceptors (Lipinski definition) is 5. The molecule has 0 bridgehead atoms. The Morgan fingerprint density at radius 2 is 1.89 bits per heavy atom. The van der Waals surface area contributed by atoms with Crippen LogP contribution in [-0.2, 0) is 10.0 Å². The highest BCUT2D eigenvalue weighted by Crippen LogP contribution is 2.29. The molecule has 0 spiro atoms. The van der Waals surface area contributed by atoms with Crippen LogP contribution in [0.25, 0.3) is 16.9 Å². The Balaban J connectivity index is 1.37. The van der Waals surface area contributed by atoms with Crippen molar-refractivity contribution >= 4 is 59.7 Å². The van der Waals surface area contributed by atoms with Gasteiger partial charge in [0.25, 0.3) is 0 Å². The van der Waals surface area contributed by atoms with Gasteiger partial charge in [-0.2, -0.15) is 13.9 Å². The van der Waals surface area contributed by atoms with Gasteiger partial charge in [0.05, 0.1) is 10.6 Å². The number of sulfonamides is 1. The Kier molecular flexibility index (Phi) is 6.61. The lowest BCUT2D eigenvalue weighted by Crippen LogP contribution is -2.41. The van der Waals surface area contributed by atoms with E-state index in [4.69, 9.17) is 16.6 Å². The molecule has 0 aliphatic carbocycles. The Labute approximate surface area is 212 Å². The third kappa shape index (κ3) is 4.83. The first-order valence-electron chi connectivity index (χ1n) is 11.7. The summed E-state index contributed by atoms with van der Waals surface area (Å²) in [5.74, 6) is 0.976. The van der Waals surface area contributed by atoms with Crippen LogP contribution >= 0.6 is 11.6 Å². The van der Waals surface area contributed by atoms with Crippen LogP contribution in [0.4, 0.5) is 5.82 Å². The second kappa shape index (κ2) is 9.68. The van der Waals surface area contributed by atoms with Crippen molar-refractivity contribution in [2.24, 2.45) is 5.92 Å². The Morgan fingerprint density at radius 3 is 2.66 bits per heavy atom. The first kappa shape index (κ1) is 23.9. The van der Waals surface area contributed by atoms with Crippen LogP contribution < -0.4 is 16.2 Å². The monoisotopic (exact) mass is 505 g/mol. The molecule has 1 saturated heterocycles. The van der Waals surface area contributed by atoms with E-state index in [0.717, 1.165) is 46.5 Å². The molecule has 0 radical (unpaired) electrons. The summed E-state index contributed by atoms with van der Waals surface area (Å²) in [5.41, 5.74) is 4.39. The molecule has 1 N–H and O–H groups in total. The number of fused-ring (bicyclic) bond motifs is 1. The Hall–Kier alpha value is -2.81. The van der Waals surface area contributed by atoms with Crippen LogP contribution in [0.5, 0.6) is 0 Å². The largest absolute Gasteiger partial charge is 0.370 e. The number of benzene rings is 2. The molecule has 1 aliphatic rings. The van der Waals surface area contributed by atoms with E-state index in [2.05, 4.69) is 10.4 Å². The topological polar surface area (TPSA) is 79.6 Å². The van der Waals surface area contributed by atoms with E-state index in [1.54, 1.807) is 27.2 Å². The molecule has 4 aromatic rings. The van der Waals surface area contributed by atoms with Gasteiger partial charge in [0, 0.05) is 42.5 Å². The van der Waals surface area contributed by atoms with Gasteiger partial charge in [0.1, 0.15) is 21.5 Å². The van der Waals surface area contributed by atoms with Crippen molar-refractivity contribution in [1.82, 2.24) is 18.9 Å². The lowest BCUT2D eigenvalue weighted by atomic mass is 9.97. The summed E-state index contributed by atoms with van der Waals surface area (Å²) in [6, 6.07) is 16.6. The quantitative estimate of drug-likeness (QED) is 0.397. The second-order valence-electron chi connectivity index (χ2n) is 9.13. The molecule has 2 aromatic heterocycles. The maximum atomic E-state index is 13.2. The van der Waals surface area contributed by atoms with Crippen molar-refractivity contribution in [1.29, 1.82) is 0 Å². The fourth-order valence-corrected chi connectivity index (χ4v) is 6.31. The zero-order chi connectivity index (χ0) is 24.6. The number of anilines is 1. The molecule has 178 valence electrons. The van der Waals surface area contributed by atoms with Crippen molar-refractivity contribution < 1.29 is 8.42 Å². The van der Waals surface area contributed by atoms with E-state index in [1.807, 2.05) is 58.2 Å². The zero-order valence-electron chi connectivity index (χ0n) is 19.8. The van der Waals surface area contributed by atoms with Crippen LogP contribution in [0.2, 0.25) is 5.02 Å². The minimum atomic E-state index is -3.51. The molecule has 2 aromatic carbocycles. The molecule has 0 amide bonds. The zero-order valence-corrected chi connectivity index (χ0v) is 21.4. The molecule has 0 saturated carbocycles. The van der Waals surface area contributed by atoms with E-state index in [1.165, 1.54) is 0 Å². The minimum Gasteiger partial charge on any atom is -0.370 e. The smallest absolute Gasteiger partial charge is 0.243 e. The van der Waals surface area contributed by atoms with Crippen LogP contribution in [0.3, 0.4) is 0 Å². The number of hydrogen-bond donors (Lipinski definition) is 1. The predicted molar refractivity (Wildman–Crippen MR) is 146 cm³/mol. The molecular weight excluding hydrogens is 479 g/mol. The first-order valence-corrected chi connectivity index (χ1v) is 13.6. The Morgan fingerprint density at radius 1 is 1.11 bits per heavy atom. The molecule has 1 fully saturated rings. The maximum Gasteiger partial charge on any atom is 0.243 e. The Bertz CT molecular complexity index is 1480. The summed E-state index contributed by atoms with van der Waals surface area (Å²) in [7, 11) is 0.418. The van der Waals surface area contributed by atoms with Crippen LogP contribution in [0, 0.1) is 5.92 Å². The average Bonchev–Trinajstić information content (AvgIpc) is 3.24. The standard InChI is InChI=1S/C24H26B2ClN5O2S/c25-17-7-9-18(10-8-17)35(33,34)31-11-3-4-16(15-31)13-28-23-12-22(19-5-1-2-6-21(19)27)30-24-20(26)14-29-32(23)24/h1-2,5-10,12,14,16,28H,3-4,11,13,15,25-26H2. The van der Waals surface area contributed by atoms with E-state index in [0.29, 0.717) is 29.6 Å². The van der Waals surface area contributed by atoms with Gasteiger partial charge in [-0.05, 0) is 42.4 Å². The van der Waals surface area contributed by atoms with E-state index < -0.39 is 10.0 Å². The number of halogens is 1. The summed E-state index contributed by atoms with van der Waals surface area (Å²) in [4.78, 5) is 5.14. The highest BCUT2D eigenvalue weighted by atomic mass is 35.5. The summed E-state index contributed by atoms with van der Waals surface area (Å²) in [6.45, 7) is 1.65. The van der Waals surface area contributed by atoms with Gasteiger partial charge in [-0.1, -0.05) is 47.4 Å². The molecule has 1 aliphatic heterocycles. The molecular formula is C24H26B2ClN5O2S. The molecule has 3 heterocycles. The molecule has 35 heavy (non-hydrogen) atoms. The van der Waals surface area contributed by atoms with Gasteiger partial charge in [0.15, 0.2) is 5.65 Å². The second-order valence-corrected chi connectivity index (χ2v) is 11.5. The lowest BCUT2D eigenvalue weighted by molar-refractivity contribution is 0.275. The highest BCUT2D eigenvalue weighted by Gasteiger charge is 2.30. The number of nitrogens with one attached hydrogen (secondary N) is 1. The van der Waals surface area contributed by atoms with E-state index >= 15 is 0 Å². The minimum absolute atomic E-state index is 0.174. The van der Waals surface area contributed by atoms with Crippen molar-refractivity contribution in [3.63, 3.8) is 0 Å². The van der Waals surface area contributed by atoms with Gasteiger partial charge >= 0.3 is 0 Å². The number of rotatable bonds is 6. The maximum absolute atomic E-state index is 13.2. The summed E-state index contributed by atoms with van der Waals surface area (Å²) in [5, 5.41) is 8.64. The molecule has 1 unspecified atom stereocenters. The van der Waals surface area contributed by atoms with Crippen LogP contribution in [0.1, 0.15) is 12.8 Å². The van der Waals surface area contributed by atoms with Crippen molar-refractivity contribution in [3.05, 3.63) is 65.8 Å². The fraction of sp³-hybridized carbons (Fsp3) is 0.250. The summed E-state index contributed by atoms with van der Waals surface area (Å²) >= 11 is 6.45. The number of aromatic nitrogens is 3. The average molecular weight is 506 g/mol. The third-order valence-corrected chi connectivity index (χ3v) is 8.72. The molecule has 5 rings (SSSR count). The van der Waals surface area contributed by atoms with Gasteiger partial charge in [-0.3, -0.25) is 0 Å². The van der Waals surface area contributed by atoms with E-state index in [9.17, 15) is 8.42 Å². The lowest BCUT2D eigenvalue weighted by Gasteiger charge is -2.32. The summed E-state index contributed by atoms with van der Waals surface area (Å²) in [6.07, 6.45) is 3.58. The van der Waals surface area contributed by atoms with Crippen LogP contribution in [0.15, 0.2) is 65.7 Å². The summed E-state index contributed by atoms with van der Waals surface area (Å²) < 4.78 is 29.8. The number of nitrogens with zero attached hydrogens (tertiary/aromatic N) is 4. The fourth-order valence-electron chi connectivity index (χ4n) is 4.53. The SMILES string of the molecule is Bc1ccc(S(=O)(=O)N2CCCC(CNc3cc(-c4ccccc4Cl)nc4c(B)cnn34)C2)cc1. The van der Waals surface area contributed by atoms with Crippen LogP contribution in [-0.4, -0.2) is 62.6 Å². The van der Waals surface area contributed by atoms with Crippen molar-refractivity contribution in [2.75, 3.05) is 25.0 Å². The highest BCUT2D eigenvalue weighted by molar-refractivity contribution is 7.89. The normalized spacial score (nSPS) is 17.0. The van der Waals surface area contributed by atoms with Gasteiger partial charge < -0.3 is 5.32 Å². The molecule has 7 nitrogen and oxygen atoms in total. The van der Waals surface area contributed by atoms with E-state index in [-0.39, 0.29) is 5.92 Å². The number of piperidine rings is 1. The third-order valence-electron chi connectivity index (χ3n) is 6.51. The first-order chi connectivity index (χ1) is 16.8. The van der Waals surface area contributed by atoms with Gasteiger partial charge in [-0.25, -0.2) is 13.4 Å². The van der Waals surface area contributed by atoms with Crippen molar-refractivity contribution in [2.45, 2.75) is 17.7 Å².